The molecule has 0 fully saturated rings. The summed E-state index contributed by atoms with van der Waals surface area (Å²) >= 11 is 0. The van der Waals surface area contributed by atoms with E-state index in [-0.39, 0.29) is 6.61 Å². The third kappa shape index (κ3) is 2.07. The van der Waals surface area contributed by atoms with E-state index in [9.17, 15) is 5.11 Å². The van der Waals surface area contributed by atoms with Gasteiger partial charge in [-0.05, 0) is 5.56 Å². The maximum Gasteiger partial charge on any atom is 0.0631 e. The molecule has 0 saturated heterocycles. The van der Waals surface area contributed by atoms with Crippen molar-refractivity contribution < 1.29 is 5.11 Å². The first-order valence-electron chi connectivity index (χ1n) is 4.26. The Hall–Kier alpha value is -1.33. The first-order valence-corrected chi connectivity index (χ1v) is 4.26. The summed E-state index contributed by atoms with van der Waals surface area (Å²) < 4.78 is 0. The Morgan fingerprint density at radius 1 is 1.38 bits per heavy atom. The lowest BCUT2D eigenvalue weighted by atomic mass is 9.81. The van der Waals surface area contributed by atoms with Crippen LogP contribution in [0.25, 0.3) is 0 Å². The molecule has 1 atom stereocenters. The summed E-state index contributed by atoms with van der Waals surface area (Å²) in [6.45, 7) is 1.90. The molecule has 2 heteroatoms. The molecule has 0 aliphatic heterocycles. The monoisotopic (exact) mass is 175 g/mol. The van der Waals surface area contributed by atoms with Crippen molar-refractivity contribution in [3.63, 3.8) is 0 Å². The minimum Gasteiger partial charge on any atom is -0.395 e. The van der Waals surface area contributed by atoms with E-state index < -0.39 is 5.41 Å². The fourth-order valence-electron chi connectivity index (χ4n) is 1.26. The lowest BCUT2D eigenvalue weighted by Crippen LogP contribution is -2.25. The van der Waals surface area contributed by atoms with Gasteiger partial charge in [-0.25, -0.2) is 0 Å². The summed E-state index contributed by atoms with van der Waals surface area (Å²) in [4.78, 5) is 0. The molecule has 0 heterocycles. The normalized spacial score (nSPS) is 14.5. The summed E-state index contributed by atoms with van der Waals surface area (Å²) in [5.74, 6) is 0. The molecule has 0 spiro atoms. The number of aliphatic hydroxyl groups is 1. The van der Waals surface area contributed by atoms with Gasteiger partial charge in [0.25, 0.3) is 0 Å². The van der Waals surface area contributed by atoms with E-state index in [1.54, 1.807) is 0 Å². The van der Waals surface area contributed by atoms with Crippen LogP contribution >= 0.6 is 0 Å². The molecule has 68 valence electrons. The molecule has 1 aromatic carbocycles. The van der Waals surface area contributed by atoms with Crippen LogP contribution in [-0.2, 0) is 5.41 Å². The third-order valence-electron chi connectivity index (χ3n) is 2.29. The average Bonchev–Trinajstić information content (AvgIpc) is 2.19. The number of benzene rings is 1. The molecule has 0 saturated carbocycles. The molecule has 0 radical (unpaired) electrons. The smallest absolute Gasteiger partial charge is 0.0631 e. The molecule has 0 amide bonds. The highest BCUT2D eigenvalue weighted by Crippen LogP contribution is 2.26. The first kappa shape index (κ1) is 9.76. The van der Waals surface area contributed by atoms with Crippen LogP contribution in [0.1, 0.15) is 18.9 Å². The van der Waals surface area contributed by atoms with Gasteiger partial charge in [-0.2, -0.15) is 5.26 Å². The second-order valence-corrected chi connectivity index (χ2v) is 3.42. The lowest BCUT2D eigenvalue weighted by Gasteiger charge is -2.24. The Morgan fingerprint density at radius 3 is 2.46 bits per heavy atom. The minimum absolute atomic E-state index is 0.00454. The number of nitriles is 1. The summed E-state index contributed by atoms with van der Waals surface area (Å²) in [6.07, 6.45) is 0.341. The molecule has 1 unspecified atom stereocenters. The molecule has 1 aromatic rings. The van der Waals surface area contributed by atoms with Crippen molar-refractivity contribution in [3.8, 4) is 6.07 Å². The Kier molecular flexibility index (Phi) is 3.05. The topological polar surface area (TPSA) is 44.0 Å². The van der Waals surface area contributed by atoms with Crippen LogP contribution in [0.5, 0.6) is 0 Å². The van der Waals surface area contributed by atoms with E-state index in [1.807, 2.05) is 37.3 Å². The predicted molar refractivity (Wildman–Crippen MR) is 51.1 cm³/mol. The molecule has 0 bridgehead atoms. The van der Waals surface area contributed by atoms with Gasteiger partial charge in [0, 0.05) is 11.8 Å². The number of aliphatic hydroxyl groups excluding tert-OH is 1. The molecule has 0 aliphatic carbocycles. The van der Waals surface area contributed by atoms with Gasteiger partial charge in [-0.1, -0.05) is 37.3 Å². The fraction of sp³-hybridized carbons (Fsp3) is 0.364. The highest BCUT2D eigenvalue weighted by atomic mass is 16.3. The van der Waals surface area contributed by atoms with E-state index >= 15 is 0 Å². The zero-order valence-corrected chi connectivity index (χ0v) is 7.70. The van der Waals surface area contributed by atoms with Crippen molar-refractivity contribution in [1.29, 1.82) is 5.26 Å². The van der Waals surface area contributed by atoms with Crippen LogP contribution in [0.3, 0.4) is 0 Å². The van der Waals surface area contributed by atoms with Gasteiger partial charge >= 0.3 is 0 Å². The Morgan fingerprint density at radius 2 is 2.00 bits per heavy atom. The maximum absolute atomic E-state index is 9.22. The summed E-state index contributed by atoms with van der Waals surface area (Å²) in [5, 5.41) is 17.9. The zero-order chi connectivity index (χ0) is 9.73. The fourth-order valence-corrected chi connectivity index (χ4v) is 1.26. The number of nitrogens with zero attached hydrogens (tertiary/aromatic N) is 1. The van der Waals surface area contributed by atoms with Gasteiger partial charge in [-0.15, -0.1) is 0 Å². The largest absolute Gasteiger partial charge is 0.395 e. The highest BCUT2D eigenvalue weighted by molar-refractivity contribution is 5.25. The van der Waals surface area contributed by atoms with E-state index in [0.29, 0.717) is 6.42 Å². The Labute approximate surface area is 78.4 Å². The molecular formula is C11H13NO. The van der Waals surface area contributed by atoms with Gasteiger partial charge < -0.3 is 5.11 Å². The number of hydrogen-bond donors (Lipinski definition) is 1. The summed E-state index contributed by atoms with van der Waals surface area (Å²) in [7, 11) is 0. The first-order chi connectivity index (χ1) is 6.23. The molecule has 0 aromatic heterocycles. The molecule has 1 rings (SSSR count). The van der Waals surface area contributed by atoms with Gasteiger partial charge in [0.2, 0.25) is 0 Å². The Bertz CT molecular complexity index is 302. The van der Waals surface area contributed by atoms with Crippen LogP contribution in [0.15, 0.2) is 30.3 Å². The van der Waals surface area contributed by atoms with Gasteiger partial charge in [-0.3, -0.25) is 0 Å². The van der Waals surface area contributed by atoms with Crippen molar-refractivity contribution in [2.45, 2.75) is 18.8 Å². The zero-order valence-electron chi connectivity index (χ0n) is 7.70. The quantitative estimate of drug-likeness (QED) is 0.761. The van der Waals surface area contributed by atoms with E-state index in [2.05, 4.69) is 6.07 Å². The predicted octanol–water partition coefficient (Wildman–Crippen LogP) is 1.85. The van der Waals surface area contributed by atoms with Crippen LogP contribution in [0.2, 0.25) is 0 Å². The van der Waals surface area contributed by atoms with Crippen molar-refractivity contribution in [3.05, 3.63) is 35.9 Å². The average molecular weight is 175 g/mol. The second kappa shape index (κ2) is 4.06. The van der Waals surface area contributed by atoms with Crippen LogP contribution < -0.4 is 0 Å². The maximum atomic E-state index is 9.22. The van der Waals surface area contributed by atoms with Crippen molar-refractivity contribution in [2.24, 2.45) is 0 Å². The van der Waals surface area contributed by atoms with E-state index in [4.69, 9.17) is 5.26 Å². The SMILES string of the molecule is CC(CO)(CC#N)c1ccccc1. The summed E-state index contributed by atoms with van der Waals surface area (Å²) in [6, 6.07) is 11.7. The van der Waals surface area contributed by atoms with Crippen molar-refractivity contribution in [2.75, 3.05) is 6.61 Å². The van der Waals surface area contributed by atoms with Gasteiger partial charge in [0.05, 0.1) is 12.7 Å². The minimum atomic E-state index is -0.421. The van der Waals surface area contributed by atoms with Crippen molar-refractivity contribution >= 4 is 0 Å². The summed E-state index contributed by atoms with van der Waals surface area (Å²) in [5.41, 5.74) is 0.592. The third-order valence-corrected chi connectivity index (χ3v) is 2.29. The molecule has 2 nitrogen and oxygen atoms in total. The number of rotatable bonds is 3. The number of hydrogen-bond acceptors (Lipinski definition) is 2. The molecule has 0 aliphatic rings. The van der Waals surface area contributed by atoms with Crippen LogP contribution in [0, 0.1) is 11.3 Å². The standard InChI is InChI=1S/C11H13NO/c1-11(9-13,7-8-12)10-5-3-2-4-6-10/h2-6,13H,7,9H2,1H3. The van der Waals surface area contributed by atoms with Crippen LogP contribution in [-0.4, -0.2) is 11.7 Å². The molecule has 1 N–H and O–H groups in total. The van der Waals surface area contributed by atoms with Gasteiger partial charge in [0.15, 0.2) is 0 Å². The van der Waals surface area contributed by atoms with E-state index in [1.165, 1.54) is 0 Å². The van der Waals surface area contributed by atoms with E-state index in [0.717, 1.165) is 5.56 Å². The van der Waals surface area contributed by atoms with Crippen molar-refractivity contribution in [1.82, 2.24) is 0 Å². The molecular weight excluding hydrogens is 162 g/mol. The molecule has 13 heavy (non-hydrogen) atoms. The second-order valence-electron chi connectivity index (χ2n) is 3.42. The highest BCUT2D eigenvalue weighted by Gasteiger charge is 2.24. The van der Waals surface area contributed by atoms with Crippen LogP contribution in [0.4, 0.5) is 0 Å². The lowest BCUT2D eigenvalue weighted by molar-refractivity contribution is 0.208. The Balaban J connectivity index is 2.97. The van der Waals surface area contributed by atoms with Gasteiger partial charge in [0.1, 0.15) is 0 Å².